The third-order valence-corrected chi connectivity index (χ3v) is 5.55. The van der Waals surface area contributed by atoms with Crippen molar-refractivity contribution in [2.45, 2.75) is 37.8 Å². The van der Waals surface area contributed by atoms with Crippen LogP contribution in [0.1, 0.15) is 24.0 Å². The molecule has 1 aliphatic heterocycles. The number of benzene rings is 2. The van der Waals surface area contributed by atoms with Gasteiger partial charge in [-0.1, -0.05) is 29.8 Å². The summed E-state index contributed by atoms with van der Waals surface area (Å²) >= 11 is 6.35. The Bertz CT molecular complexity index is 836. The second-order valence-corrected chi connectivity index (χ2v) is 7.57. The first kappa shape index (κ1) is 21.7. The average Bonchev–Trinajstić information content (AvgIpc) is 2.69. The van der Waals surface area contributed by atoms with Crippen molar-refractivity contribution < 1.29 is 27.8 Å². The van der Waals surface area contributed by atoms with Crippen molar-refractivity contribution in [2.24, 2.45) is 0 Å². The number of hydrogen-bond donors (Lipinski definition) is 1. The maximum atomic E-state index is 13.0. The summed E-state index contributed by atoms with van der Waals surface area (Å²) < 4.78 is 50.2. The Morgan fingerprint density at radius 1 is 1.14 bits per heavy atom. The summed E-state index contributed by atoms with van der Waals surface area (Å²) in [7, 11) is 1.59. The molecule has 4 nitrogen and oxygen atoms in total. The molecule has 2 aromatic carbocycles. The Morgan fingerprint density at radius 2 is 1.83 bits per heavy atom. The van der Waals surface area contributed by atoms with E-state index in [9.17, 15) is 18.3 Å². The first-order valence-corrected chi connectivity index (χ1v) is 9.64. The van der Waals surface area contributed by atoms with Crippen molar-refractivity contribution in [3.63, 3.8) is 0 Å². The van der Waals surface area contributed by atoms with Crippen LogP contribution in [0.3, 0.4) is 0 Å². The summed E-state index contributed by atoms with van der Waals surface area (Å²) in [6, 6.07) is 12.8. The minimum Gasteiger partial charge on any atom is -0.497 e. The van der Waals surface area contributed by atoms with Crippen molar-refractivity contribution in [1.82, 2.24) is 4.90 Å². The highest BCUT2D eigenvalue weighted by Crippen LogP contribution is 2.39. The lowest BCUT2D eigenvalue weighted by molar-refractivity contribution is -0.272. The topological polar surface area (TPSA) is 41.9 Å². The Balaban J connectivity index is 1.67. The highest BCUT2D eigenvalue weighted by Gasteiger charge is 2.54. The molecule has 0 unspecified atom stereocenters. The van der Waals surface area contributed by atoms with E-state index in [4.69, 9.17) is 21.1 Å². The zero-order chi connectivity index (χ0) is 21.1. The molecule has 2 aromatic rings. The van der Waals surface area contributed by atoms with Crippen LogP contribution >= 0.6 is 11.6 Å². The van der Waals surface area contributed by atoms with Gasteiger partial charge in [0.25, 0.3) is 0 Å². The van der Waals surface area contributed by atoms with E-state index in [0.29, 0.717) is 23.9 Å². The fourth-order valence-corrected chi connectivity index (χ4v) is 3.56. The van der Waals surface area contributed by atoms with Crippen LogP contribution in [0.15, 0.2) is 42.5 Å². The van der Waals surface area contributed by atoms with Crippen molar-refractivity contribution in [2.75, 3.05) is 20.2 Å². The molecular weight excluding hydrogens is 407 g/mol. The molecule has 158 valence electrons. The van der Waals surface area contributed by atoms with Crippen LogP contribution in [0.2, 0.25) is 5.02 Å². The van der Waals surface area contributed by atoms with E-state index >= 15 is 0 Å². The molecule has 0 amide bonds. The minimum atomic E-state index is -4.62. The lowest BCUT2D eigenvalue weighted by Crippen LogP contribution is -2.53. The van der Waals surface area contributed by atoms with Gasteiger partial charge < -0.3 is 14.6 Å². The number of methoxy groups -OCH3 is 1. The second-order valence-electron chi connectivity index (χ2n) is 7.16. The van der Waals surface area contributed by atoms with Gasteiger partial charge in [0.05, 0.1) is 7.11 Å². The average molecular weight is 430 g/mol. The molecule has 1 fully saturated rings. The summed E-state index contributed by atoms with van der Waals surface area (Å²) in [5, 5.41) is 10.3. The lowest BCUT2D eigenvalue weighted by atomic mass is 9.90. The minimum absolute atomic E-state index is 0.122. The molecule has 1 heterocycles. The largest absolute Gasteiger partial charge is 0.497 e. The number of piperidine rings is 1. The van der Waals surface area contributed by atoms with E-state index in [1.807, 2.05) is 29.2 Å². The summed E-state index contributed by atoms with van der Waals surface area (Å²) in [6.07, 6.45) is -5.34. The van der Waals surface area contributed by atoms with Gasteiger partial charge in [0.1, 0.15) is 18.1 Å². The van der Waals surface area contributed by atoms with Gasteiger partial charge in [-0.25, -0.2) is 0 Å². The van der Waals surface area contributed by atoms with Crippen LogP contribution < -0.4 is 9.47 Å². The zero-order valence-electron chi connectivity index (χ0n) is 16.0. The van der Waals surface area contributed by atoms with Crippen molar-refractivity contribution in [3.05, 3.63) is 58.6 Å². The molecule has 0 atom stereocenters. The van der Waals surface area contributed by atoms with Gasteiger partial charge in [0.2, 0.25) is 0 Å². The Labute approximate surface area is 172 Å². The second kappa shape index (κ2) is 8.81. The number of likely N-dealkylation sites (tertiary alicyclic amines) is 1. The summed E-state index contributed by atoms with van der Waals surface area (Å²) in [5.74, 6) is 1.31. The van der Waals surface area contributed by atoms with Crippen molar-refractivity contribution >= 4 is 11.6 Å². The molecule has 0 aromatic heterocycles. The van der Waals surface area contributed by atoms with Gasteiger partial charge >= 0.3 is 6.18 Å². The fourth-order valence-electron chi connectivity index (χ4n) is 3.34. The highest BCUT2D eigenvalue weighted by molar-refractivity contribution is 6.31. The highest BCUT2D eigenvalue weighted by atomic mass is 35.5. The van der Waals surface area contributed by atoms with E-state index in [1.165, 1.54) is 0 Å². The van der Waals surface area contributed by atoms with E-state index in [1.54, 1.807) is 25.3 Å². The SMILES string of the molecule is COc1cccc(COc2cccc(Cl)c2CN2CCC(O)(C(F)(F)F)CC2)c1. The van der Waals surface area contributed by atoms with Crippen LogP contribution in [-0.4, -0.2) is 42.0 Å². The third kappa shape index (κ3) is 5.15. The van der Waals surface area contributed by atoms with Gasteiger partial charge in [-0.15, -0.1) is 0 Å². The van der Waals surface area contributed by atoms with Crippen molar-refractivity contribution in [1.29, 1.82) is 0 Å². The molecule has 1 aliphatic rings. The predicted molar refractivity (Wildman–Crippen MR) is 104 cm³/mol. The van der Waals surface area contributed by atoms with E-state index in [2.05, 4.69) is 0 Å². The maximum absolute atomic E-state index is 13.0. The molecular formula is C21H23ClF3NO3. The number of alkyl halides is 3. The molecule has 29 heavy (non-hydrogen) atoms. The van der Waals surface area contributed by atoms with Gasteiger partial charge in [-0.2, -0.15) is 13.2 Å². The Kier molecular flexibility index (Phi) is 6.61. The smallest absolute Gasteiger partial charge is 0.417 e. The molecule has 0 saturated carbocycles. The summed E-state index contributed by atoms with van der Waals surface area (Å²) in [4.78, 5) is 1.85. The lowest BCUT2D eigenvalue weighted by Gasteiger charge is -2.39. The van der Waals surface area contributed by atoms with E-state index in [0.717, 1.165) is 16.9 Å². The first-order chi connectivity index (χ1) is 13.7. The maximum Gasteiger partial charge on any atom is 0.417 e. The van der Waals surface area contributed by atoms with Crippen LogP contribution in [0.25, 0.3) is 0 Å². The van der Waals surface area contributed by atoms with Gasteiger partial charge in [-0.3, -0.25) is 4.90 Å². The van der Waals surface area contributed by atoms with E-state index in [-0.39, 0.29) is 25.9 Å². The molecule has 1 saturated heterocycles. The van der Waals surface area contributed by atoms with Crippen LogP contribution in [0.5, 0.6) is 11.5 Å². The molecule has 0 spiro atoms. The fraction of sp³-hybridized carbons (Fsp3) is 0.429. The Morgan fingerprint density at radius 3 is 2.48 bits per heavy atom. The van der Waals surface area contributed by atoms with Crippen LogP contribution in [0.4, 0.5) is 13.2 Å². The summed E-state index contributed by atoms with van der Waals surface area (Å²) in [5.41, 5.74) is -0.978. The summed E-state index contributed by atoms with van der Waals surface area (Å²) in [6.45, 7) is 0.895. The third-order valence-electron chi connectivity index (χ3n) is 5.20. The number of ether oxygens (including phenoxy) is 2. The Hall–Kier alpha value is -1.96. The zero-order valence-corrected chi connectivity index (χ0v) is 16.8. The number of nitrogens with zero attached hydrogens (tertiary/aromatic N) is 1. The quantitative estimate of drug-likeness (QED) is 0.715. The monoisotopic (exact) mass is 429 g/mol. The number of halogens is 4. The van der Waals surface area contributed by atoms with Crippen LogP contribution in [-0.2, 0) is 13.2 Å². The van der Waals surface area contributed by atoms with Gasteiger partial charge in [0.15, 0.2) is 5.60 Å². The molecule has 0 radical (unpaired) electrons. The first-order valence-electron chi connectivity index (χ1n) is 9.26. The van der Waals surface area contributed by atoms with Crippen LogP contribution in [0, 0.1) is 0 Å². The van der Waals surface area contributed by atoms with Crippen molar-refractivity contribution in [3.8, 4) is 11.5 Å². The molecule has 3 rings (SSSR count). The molecule has 1 N–H and O–H groups in total. The molecule has 0 aliphatic carbocycles. The number of aliphatic hydroxyl groups is 1. The standard InChI is InChI=1S/C21H23ClF3NO3/c1-28-16-5-2-4-15(12-16)14-29-19-7-3-6-18(22)17(19)13-26-10-8-20(27,9-11-26)21(23,24)25/h2-7,12,27H,8-11,13-14H2,1H3. The molecule has 0 bridgehead atoms. The number of rotatable bonds is 6. The number of hydrogen-bond acceptors (Lipinski definition) is 4. The van der Waals surface area contributed by atoms with Gasteiger partial charge in [-0.05, 0) is 42.7 Å². The predicted octanol–water partition coefficient (Wildman–Crippen LogP) is 4.82. The molecule has 8 heteroatoms. The van der Waals surface area contributed by atoms with E-state index < -0.39 is 11.8 Å². The van der Waals surface area contributed by atoms with Gasteiger partial charge in [0, 0.05) is 30.2 Å². The normalized spacial score (nSPS) is 17.2.